The summed E-state index contributed by atoms with van der Waals surface area (Å²) in [5.74, 6) is 0.0397. The van der Waals surface area contributed by atoms with Gasteiger partial charge in [-0.3, -0.25) is 19.5 Å². The molecule has 1 aromatic carbocycles. The molecule has 10 nitrogen and oxygen atoms in total. The van der Waals surface area contributed by atoms with Crippen LogP contribution < -0.4 is 15.0 Å². The van der Waals surface area contributed by atoms with Gasteiger partial charge >= 0.3 is 0 Å². The van der Waals surface area contributed by atoms with Crippen molar-refractivity contribution in [2.45, 2.75) is 18.9 Å². The van der Waals surface area contributed by atoms with E-state index in [0.717, 1.165) is 5.56 Å². The number of nitrogens with one attached hydrogen (secondary N) is 1. The van der Waals surface area contributed by atoms with Gasteiger partial charge in [0.2, 0.25) is 11.8 Å². The van der Waals surface area contributed by atoms with Gasteiger partial charge in [-0.05, 0) is 54.5 Å². The number of phenols is 1. The Bertz CT molecular complexity index is 1170. The summed E-state index contributed by atoms with van der Waals surface area (Å²) in [5.41, 5.74) is 1.50. The maximum absolute atomic E-state index is 13.4. The predicted molar refractivity (Wildman–Crippen MR) is 128 cm³/mol. The van der Waals surface area contributed by atoms with E-state index < -0.39 is 11.9 Å². The molecule has 3 heterocycles. The van der Waals surface area contributed by atoms with Gasteiger partial charge in [-0.1, -0.05) is 12.1 Å². The number of benzene rings is 1. The highest BCUT2D eigenvalue weighted by molar-refractivity contribution is 7.80. The smallest absolute Gasteiger partial charge is 0.256 e. The van der Waals surface area contributed by atoms with Gasteiger partial charge < -0.3 is 20.1 Å². The van der Waals surface area contributed by atoms with Crippen LogP contribution in [0.15, 0.2) is 60.9 Å². The predicted octanol–water partition coefficient (Wildman–Crippen LogP) is 2.16. The fraction of sp³-hybridized carbons (Fsp3) is 0.217. The summed E-state index contributed by atoms with van der Waals surface area (Å²) in [7, 11) is 1.47. The van der Waals surface area contributed by atoms with Crippen LogP contribution in [0.2, 0.25) is 0 Å². The number of thiocarbonyl (C=S) groups is 1. The number of anilines is 2. The number of ether oxygens (including phenoxy) is 1. The highest BCUT2D eigenvalue weighted by Crippen LogP contribution is 2.27. The lowest BCUT2D eigenvalue weighted by molar-refractivity contribution is -0.124. The first-order chi connectivity index (χ1) is 16.5. The Hall–Kier alpha value is -4.12. The lowest BCUT2D eigenvalue weighted by Gasteiger charge is -2.23. The maximum atomic E-state index is 13.4. The van der Waals surface area contributed by atoms with Crippen molar-refractivity contribution in [2.24, 2.45) is 0 Å². The molecule has 2 aromatic heterocycles. The van der Waals surface area contributed by atoms with E-state index in [1.54, 1.807) is 65.8 Å². The summed E-state index contributed by atoms with van der Waals surface area (Å²) in [6.45, 7) is 0.409. The molecule has 1 fully saturated rings. The zero-order valence-corrected chi connectivity index (χ0v) is 19.1. The lowest BCUT2D eigenvalue weighted by atomic mass is 10.1. The highest BCUT2D eigenvalue weighted by atomic mass is 32.1. The first-order valence-electron chi connectivity index (χ1n) is 10.5. The van der Waals surface area contributed by atoms with Crippen LogP contribution in [-0.4, -0.2) is 61.8 Å². The number of amides is 2. The highest BCUT2D eigenvalue weighted by Gasteiger charge is 2.44. The number of pyridine rings is 1. The summed E-state index contributed by atoms with van der Waals surface area (Å²) in [6.07, 6.45) is 3.60. The van der Waals surface area contributed by atoms with Gasteiger partial charge in [0, 0.05) is 18.8 Å². The molecule has 0 bridgehead atoms. The fourth-order valence-electron chi connectivity index (χ4n) is 3.59. The molecule has 3 aromatic rings. The zero-order chi connectivity index (χ0) is 24.1. The molecule has 1 saturated heterocycles. The molecule has 0 spiro atoms. The number of aromatic hydroxyl groups is 1. The Kier molecular flexibility index (Phi) is 6.93. The molecule has 0 aliphatic carbocycles. The molecule has 2 N–H and O–H groups in total. The molecule has 1 aliphatic heterocycles. The van der Waals surface area contributed by atoms with Crippen molar-refractivity contribution in [3.8, 4) is 11.6 Å². The maximum Gasteiger partial charge on any atom is 0.256 e. The van der Waals surface area contributed by atoms with Gasteiger partial charge in [-0.2, -0.15) is 0 Å². The number of nitrogens with zero attached hydrogens (tertiary/aromatic N) is 5. The molecule has 11 heteroatoms. The van der Waals surface area contributed by atoms with Gasteiger partial charge in [-0.15, -0.1) is 10.2 Å². The van der Waals surface area contributed by atoms with Gasteiger partial charge in [-0.25, -0.2) is 0 Å². The molecular formula is C23H22N6O4S. The first kappa shape index (κ1) is 23.1. The van der Waals surface area contributed by atoms with Crippen molar-refractivity contribution in [1.82, 2.24) is 20.1 Å². The Morgan fingerprint density at radius 1 is 1.18 bits per heavy atom. The summed E-state index contributed by atoms with van der Waals surface area (Å²) >= 11 is 5.64. The number of rotatable bonds is 8. The normalized spacial score (nSPS) is 15.5. The van der Waals surface area contributed by atoms with Gasteiger partial charge in [0.25, 0.3) is 5.91 Å². The van der Waals surface area contributed by atoms with E-state index in [9.17, 15) is 14.7 Å². The standard InChI is InChI=1S/C23H22N6O4S/c1-33-21-9-8-19(26-27-21)25-20(31)13-18-22(32)29(16-3-2-11-24-14-16)23(34)28(18)12-10-15-4-6-17(30)7-5-15/h2-9,11,14,18,30H,10,12-13H2,1H3,(H,25,26,31). The molecular weight excluding hydrogens is 456 g/mol. The zero-order valence-electron chi connectivity index (χ0n) is 18.3. The molecule has 2 amide bonds. The van der Waals surface area contributed by atoms with Crippen molar-refractivity contribution in [3.05, 3.63) is 66.5 Å². The summed E-state index contributed by atoms with van der Waals surface area (Å²) in [6, 6.07) is 12.6. The van der Waals surface area contributed by atoms with Crippen LogP contribution >= 0.6 is 12.2 Å². The van der Waals surface area contributed by atoms with Crippen molar-refractivity contribution in [1.29, 1.82) is 0 Å². The monoisotopic (exact) mass is 478 g/mol. The van der Waals surface area contributed by atoms with E-state index in [-0.39, 0.29) is 23.9 Å². The summed E-state index contributed by atoms with van der Waals surface area (Å²) in [4.78, 5) is 33.4. The third-order valence-electron chi connectivity index (χ3n) is 5.30. The van der Waals surface area contributed by atoms with Crippen LogP contribution in [-0.2, 0) is 16.0 Å². The SMILES string of the molecule is COc1ccc(NC(=O)CC2C(=O)N(c3cccnc3)C(=S)N2CCc2ccc(O)cc2)nn1. The van der Waals surface area contributed by atoms with E-state index in [1.165, 1.54) is 12.0 Å². The average Bonchev–Trinajstić information content (AvgIpc) is 3.08. The quantitative estimate of drug-likeness (QED) is 0.469. The molecule has 1 aliphatic rings. The van der Waals surface area contributed by atoms with Crippen molar-refractivity contribution in [3.63, 3.8) is 0 Å². The summed E-state index contributed by atoms with van der Waals surface area (Å²) in [5, 5.41) is 20.2. The Labute approximate surface area is 201 Å². The minimum absolute atomic E-state index is 0.126. The number of carbonyl (C=O) groups is 2. The van der Waals surface area contributed by atoms with Crippen molar-refractivity contribution < 1.29 is 19.4 Å². The third kappa shape index (κ3) is 5.09. The average molecular weight is 479 g/mol. The summed E-state index contributed by atoms with van der Waals surface area (Å²) < 4.78 is 4.97. The van der Waals surface area contributed by atoms with E-state index >= 15 is 0 Å². The van der Waals surface area contributed by atoms with E-state index in [0.29, 0.717) is 29.6 Å². The number of aromatic nitrogens is 3. The van der Waals surface area contributed by atoms with Crippen LogP contribution in [0.3, 0.4) is 0 Å². The number of phenolic OH excluding ortho intramolecular Hbond substituents is 1. The Morgan fingerprint density at radius 2 is 1.97 bits per heavy atom. The van der Waals surface area contributed by atoms with Crippen LogP contribution in [0.5, 0.6) is 11.6 Å². The van der Waals surface area contributed by atoms with Gasteiger partial charge in [0.15, 0.2) is 10.9 Å². The molecule has 0 saturated carbocycles. The third-order valence-corrected chi connectivity index (χ3v) is 5.71. The molecule has 174 valence electrons. The topological polar surface area (TPSA) is 121 Å². The second-order valence-corrected chi connectivity index (χ2v) is 7.87. The van der Waals surface area contributed by atoms with Crippen LogP contribution in [0.4, 0.5) is 11.5 Å². The molecule has 1 atom stereocenters. The molecule has 1 unspecified atom stereocenters. The molecule has 4 rings (SSSR count). The minimum Gasteiger partial charge on any atom is -0.508 e. The fourth-order valence-corrected chi connectivity index (χ4v) is 4.00. The van der Waals surface area contributed by atoms with E-state index in [2.05, 4.69) is 20.5 Å². The lowest BCUT2D eigenvalue weighted by Crippen LogP contribution is -2.39. The Morgan fingerprint density at radius 3 is 2.62 bits per heavy atom. The second kappa shape index (κ2) is 10.2. The number of hydrogen-bond acceptors (Lipinski definition) is 8. The Balaban J connectivity index is 1.52. The van der Waals surface area contributed by atoms with Crippen molar-refractivity contribution >= 4 is 40.6 Å². The van der Waals surface area contributed by atoms with Crippen LogP contribution in [0, 0.1) is 0 Å². The van der Waals surface area contributed by atoms with Crippen LogP contribution in [0.25, 0.3) is 0 Å². The van der Waals surface area contributed by atoms with E-state index in [1.807, 2.05) is 0 Å². The number of methoxy groups -OCH3 is 1. The van der Waals surface area contributed by atoms with Crippen LogP contribution in [0.1, 0.15) is 12.0 Å². The van der Waals surface area contributed by atoms with E-state index in [4.69, 9.17) is 17.0 Å². The van der Waals surface area contributed by atoms with Gasteiger partial charge in [0.05, 0.1) is 25.4 Å². The van der Waals surface area contributed by atoms with Gasteiger partial charge in [0.1, 0.15) is 11.8 Å². The second-order valence-electron chi connectivity index (χ2n) is 7.51. The molecule has 0 radical (unpaired) electrons. The minimum atomic E-state index is -0.795. The number of hydrogen-bond donors (Lipinski definition) is 2. The van der Waals surface area contributed by atoms with Crippen molar-refractivity contribution in [2.75, 3.05) is 23.9 Å². The largest absolute Gasteiger partial charge is 0.508 e. The first-order valence-corrected chi connectivity index (χ1v) is 10.9. The molecule has 34 heavy (non-hydrogen) atoms. The number of carbonyl (C=O) groups excluding carboxylic acids is 2.